The van der Waals surface area contributed by atoms with Gasteiger partial charge in [-0.3, -0.25) is 9.59 Å². The molecule has 0 aliphatic carbocycles. The minimum absolute atomic E-state index is 0.203. The van der Waals surface area contributed by atoms with E-state index in [1.165, 1.54) is 42.5 Å². The minimum atomic E-state index is -0.811. The second-order valence-electron chi connectivity index (χ2n) is 6.66. The van der Waals surface area contributed by atoms with Gasteiger partial charge in [-0.05, 0) is 67.1 Å². The number of carbonyl (C=O) groups is 3. The summed E-state index contributed by atoms with van der Waals surface area (Å²) < 4.78 is 23.0. The van der Waals surface area contributed by atoms with Crippen LogP contribution in [0, 0.1) is 5.82 Å². The fourth-order valence-corrected chi connectivity index (χ4v) is 2.79. The summed E-state index contributed by atoms with van der Waals surface area (Å²) in [6, 6.07) is 18.4. The number of halogens is 1. The molecule has 0 bridgehead atoms. The smallest absolute Gasteiger partial charge is 0.434 e. The first kappa shape index (κ1) is 22.5. The van der Waals surface area contributed by atoms with E-state index >= 15 is 0 Å². The van der Waals surface area contributed by atoms with Crippen molar-refractivity contribution in [2.75, 3.05) is 11.9 Å². The highest BCUT2D eigenvalue weighted by atomic mass is 19.1. The van der Waals surface area contributed by atoms with Gasteiger partial charge in [-0.2, -0.15) is 0 Å². The summed E-state index contributed by atoms with van der Waals surface area (Å²) in [5.41, 5.74) is 1.87. The van der Waals surface area contributed by atoms with Crippen LogP contribution in [0.25, 0.3) is 0 Å². The zero-order chi connectivity index (χ0) is 22.9. The van der Waals surface area contributed by atoms with Crippen LogP contribution >= 0.6 is 0 Å². The molecule has 0 atom stereocenters. The molecule has 3 aromatic carbocycles. The van der Waals surface area contributed by atoms with Crippen LogP contribution in [0.4, 0.5) is 14.9 Å². The standard InChI is InChI=1S/C24H21FN2O5/c1-2-31-24(30)32-21-11-9-17(10-12-21)22(28)26-15-16-5-3-8-20(13-16)27-23(29)18-6-4-7-19(25)14-18/h3-14H,2,15H2,1H3,(H,26,28)(H,27,29). The van der Waals surface area contributed by atoms with Gasteiger partial charge in [0, 0.05) is 23.4 Å². The summed E-state index contributed by atoms with van der Waals surface area (Å²) in [4.78, 5) is 36.0. The Kier molecular flexibility index (Phi) is 7.53. The van der Waals surface area contributed by atoms with Gasteiger partial charge in [0.25, 0.3) is 11.8 Å². The van der Waals surface area contributed by atoms with Crippen molar-refractivity contribution in [3.8, 4) is 5.75 Å². The normalized spacial score (nSPS) is 10.2. The molecule has 0 heterocycles. The van der Waals surface area contributed by atoms with Gasteiger partial charge in [0.2, 0.25) is 0 Å². The fraction of sp³-hybridized carbons (Fsp3) is 0.125. The fourth-order valence-electron chi connectivity index (χ4n) is 2.79. The molecule has 0 aliphatic rings. The van der Waals surface area contributed by atoms with Crippen molar-refractivity contribution in [3.63, 3.8) is 0 Å². The Bertz CT molecular complexity index is 1120. The lowest BCUT2D eigenvalue weighted by Crippen LogP contribution is -2.22. The first-order valence-electron chi connectivity index (χ1n) is 9.83. The van der Waals surface area contributed by atoms with Gasteiger partial charge in [0.15, 0.2) is 0 Å². The molecule has 3 aromatic rings. The van der Waals surface area contributed by atoms with Gasteiger partial charge in [-0.25, -0.2) is 9.18 Å². The number of carbonyl (C=O) groups excluding carboxylic acids is 3. The summed E-state index contributed by atoms with van der Waals surface area (Å²) >= 11 is 0. The molecule has 0 aliphatic heterocycles. The molecule has 3 rings (SSSR count). The third-order valence-corrected chi connectivity index (χ3v) is 4.30. The topological polar surface area (TPSA) is 93.7 Å². The van der Waals surface area contributed by atoms with Crippen molar-refractivity contribution in [1.29, 1.82) is 0 Å². The average Bonchev–Trinajstić information content (AvgIpc) is 2.78. The third kappa shape index (κ3) is 6.40. The van der Waals surface area contributed by atoms with Crippen molar-refractivity contribution in [1.82, 2.24) is 5.32 Å². The van der Waals surface area contributed by atoms with Crippen LogP contribution in [0.15, 0.2) is 72.8 Å². The molecule has 0 fully saturated rings. The van der Waals surface area contributed by atoms with Crippen molar-refractivity contribution < 1.29 is 28.2 Å². The number of benzene rings is 3. The maximum absolute atomic E-state index is 13.3. The maximum Gasteiger partial charge on any atom is 0.513 e. The molecule has 0 unspecified atom stereocenters. The largest absolute Gasteiger partial charge is 0.513 e. The maximum atomic E-state index is 13.3. The molecule has 7 nitrogen and oxygen atoms in total. The van der Waals surface area contributed by atoms with Gasteiger partial charge in [-0.15, -0.1) is 0 Å². The van der Waals surface area contributed by atoms with Crippen molar-refractivity contribution >= 4 is 23.7 Å². The Morgan fingerprint density at radius 3 is 2.34 bits per heavy atom. The highest BCUT2D eigenvalue weighted by Crippen LogP contribution is 2.15. The highest BCUT2D eigenvalue weighted by Gasteiger charge is 2.10. The molecule has 0 aromatic heterocycles. The van der Waals surface area contributed by atoms with E-state index in [1.54, 1.807) is 31.2 Å². The van der Waals surface area contributed by atoms with Crippen molar-refractivity contribution in [2.45, 2.75) is 13.5 Å². The van der Waals surface area contributed by atoms with E-state index in [1.807, 2.05) is 0 Å². The Labute approximate surface area is 184 Å². The second kappa shape index (κ2) is 10.7. The number of ether oxygens (including phenoxy) is 2. The summed E-state index contributed by atoms with van der Waals surface area (Å²) in [5, 5.41) is 5.49. The van der Waals surface area contributed by atoms with Crippen LogP contribution < -0.4 is 15.4 Å². The first-order valence-corrected chi connectivity index (χ1v) is 9.83. The molecule has 32 heavy (non-hydrogen) atoms. The van der Waals surface area contributed by atoms with Crippen LogP contribution in [0.1, 0.15) is 33.2 Å². The van der Waals surface area contributed by atoms with Gasteiger partial charge in [-0.1, -0.05) is 18.2 Å². The van der Waals surface area contributed by atoms with Gasteiger partial charge < -0.3 is 20.1 Å². The van der Waals surface area contributed by atoms with E-state index in [-0.39, 0.29) is 30.4 Å². The molecule has 2 amide bonds. The molecule has 8 heteroatoms. The second-order valence-corrected chi connectivity index (χ2v) is 6.66. The van der Waals surface area contributed by atoms with Gasteiger partial charge in [0.05, 0.1) is 6.61 Å². The highest BCUT2D eigenvalue weighted by molar-refractivity contribution is 6.04. The Morgan fingerprint density at radius 2 is 1.62 bits per heavy atom. The van der Waals surface area contributed by atoms with Crippen LogP contribution in [0.2, 0.25) is 0 Å². The van der Waals surface area contributed by atoms with E-state index in [0.717, 1.165) is 11.6 Å². The Hall–Kier alpha value is -4.20. The Balaban J connectivity index is 1.56. The molecular formula is C24H21FN2O5. The summed E-state index contributed by atoms with van der Waals surface area (Å²) in [6.07, 6.45) is -0.811. The Morgan fingerprint density at radius 1 is 0.875 bits per heavy atom. The molecule has 0 spiro atoms. The predicted octanol–water partition coefficient (Wildman–Crippen LogP) is 4.54. The summed E-state index contributed by atoms with van der Waals surface area (Å²) in [5.74, 6) is -0.978. The molecule has 0 radical (unpaired) electrons. The quantitative estimate of drug-likeness (QED) is 0.419. The average molecular weight is 436 g/mol. The number of amides is 2. The number of anilines is 1. The van der Waals surface area contributed by atoms with Crippen molar-refractivity contribution in [2.24, 2.45) is 0 Å². The van der Waals surface area contributed by atoms with Crippen LogP contribution in [-0.4, -0.2) is 24.6 Å². The summed E-state index contributed by atoms with van der Waals surface area (Å²) in [6.45, 7) is 2.10. The molecule has 164 valence electrons. The van der Waals surface area contributed by atoms with Gasteiger partial charge >= 0.3 is 6.16 Å². The zero-order valence-corrected chi connectivity index (χ0v) is 17.3. The van der Waals surface area contributed by atoms with E-state index in [2.05, 4.69) is 10.6 Å². The van der Waals surface area contributed by atoms with Crippen LogP contribution in [0.3, 0.4) is 0 Å². The molecule has 2 N–H and O–H groups in total. The number of hydrogen-bond acceptors (Lipinski definition) is 5. The molecular weight excluding hydrogens is 415 g/mol. The number of rotatable bonds is 7. The van der Waals surface area contributed by atoms with Crippen LogP contribution in [0.5, 0.6) is 5.75 Å². The number of nitrogens with one attached hydrogen (secondary N) is 2. The number of hydrogen-bond donors (Lipinski definition) is 2. The zero-order valence-electron chi connectivity index (χ0n) is 17.3. The third-order valence-electron chi connectivity index (χ3n) is 4.30. The first-order chi connectivity index (χ1) is 15.4. The lowest BCUT2D eigenvalue weighted by atomic mass is 10.1. The van der Waals surface area contributed by atoms with Crippen molar-refractivity contribution in [3.05, 3.63) is 95.3 Å². The minimum Gasteiger partial charge on any atom is -0.434 e. The van der Waals surface area contributed by atoms with E-state index < -0.39 is 17.9 Å². The lowest BCUT2D eigenvalue weighted by Gasteiger charge is -2.09. The van der Waals surface area contributed by atoms with Crippen LogP contribution in [-0.2, 0) is 11.3 Å². The lowest BCUT2D eigenvalue weighted by molar-refractivity contribution is 0.0950. The monoisotopic (exact) mass is 436 g/mol. The SMILES string of the molecule is CCOC(=O)Oc1ccc(C(=O)NCc2cccc(NC(=O)c3cccc(F)c3)c2)cc1. The predicted molar refractivity (Wildman–Crippen MR) is 116 cm³/mol. The molecule has 0 saturated carbocycles. The van der Waals surface area contributed by atoms with E-state index in [9.17, 15) is 18.8 Å². The molecule has 0 saturated heterocycles. The van der Waals surface area contributed by atoms with Gasteiger partial charge in [0.1, 0.15) is 11.6 Å². The van der Waals surface area contributed by atoms with E-state index in [4.69, 9.17) is 9.47 Å². The summed E-state index contributed by atoms with van der Waals surface area (Å²) in [7, 11) is 0. The van der Waals surface area contributed by atoms with E-state index in [0.29, 0.717) is 11.3 Å².